The first kappa shape index (κ1) is 14.9. The van der Waals surface area contributed by atoms with Crippen LogP contribution in [-0.4, -0.2) is 22.4 Å². The number of rotatable bonds is 3. The maximum atomic E-state index is 12.5. The number of pyridine rings is 1. The van der Waals surface area contributed by atoms with Crippen molar-refractivity contribution in [2.75, 3.05) is 0 Å². The molecule has 0 aliphatic carbocycles. The van der Waals surface area contributed by atoms with Crippen molar-refractivity contribution in [1.82, 2.24) is 4.98 Å². The zero-order valence-corrected chi connectivity index (χ0v) is 10.3. The molecule has 1 aromatic heterocycles. The Balaban J connectivity index is 3.32. The van der Waals surface area contributed by atoms with Crippen molar-refractivity contribution in [3.63, 3.8) is 0 Å². The van der Waals surface area contributed by atoms with E-state index < -0.39 is 35.9 Å². The summed E-state index contributed by atoms with van der Waals surface area (Å²) in [5.41, 5.74) is -2.15. The molecule has 0 aliphatic heterocycles. The van der Waals surface area contributed by atoms with Crippen LogP contribution in [0.5, 0.6) is 5.88 Å². The van der Waals surface area contributed by atoms with Gasteiger partial charge in [0.25, 0.3) is 6.43 Å². The summed E-state index contributed by atoms with van der Waals surface area (Å²) in [6.45, 7) is 0. The second-order valence-electron chi connectivity index (χ2n) is 2.86. The summed E-state index contributed by atoms with van der Waals surface area (Å²) in [7, 11) is 0. The Hall–Kier alpha value is -1.20. The second-order valence-corrected chi connectivity index (χ2v) is 4.02. The van der Waals surface area contributed by atoms with Crippen molar-refractivity contribution in [2.45, 2.75) is 12.8 Å². The SMILES string of the molecule is O=C(O)c1cc(I)c(OC(F)(F)F)nc1C(F)F. The standard InChI is InChI=1S/C8H3F5INO3/c9-5(10)4-2(7(16)17)1-3(14)6(15-4)18-8(11,12)13/h1,5H,(H,16,17). The summed E-state index contributed by atoms with van der Waals surface area (Å²) in [4.78, 5) is 13.5. The monoisotopic (exact) mass is 383 g/mol. The molecular formula is C8H3F5INO3. The Bertz CT molecular complexity index is 477. The van der Waals surface area contributed by atoms with Crippen molar-refractivity contribution >= 4 is 28.6 Å². The molecule has 4 nitrogen and oxygen atoms in total. The molecule has 0 aromatic carbocycles. The summed E-state index contributed by atoms with van der Waals surface area (Å²) in [5, 5.41) is 8.62. The van der Waals surface area contributed by atoms with E-state index in [-0.39, 0.29) is 3.57 Å². The molecule has 1 aromatic rings. The Labute approximate surface area is 110 Å². The number of aromatic nitrogens is 1. The molecule has 0 saturated carbocycles. The van der Waals surface area contributed by atoms with Crippen LogP contribution in [0.1, 0.15) is 22.5 Å². The summed E-state index contributed by atoms with van der Waals surface area (Å²) in [6, 6.07) is 0.637. The fourth-order valence-electron chi connectivity index (χ4n) is 1.00. The van der Waals surface area contributed by atoms with Gasteiger partial charge in [0.05, 0.1) is 9.13 Å². The number of carbonyl (C=O) groups is 1. The summed E-state index contributed by atoms with van der Waals surface area (Å²) in [5.74, 6) is -2.82. The molecule has 0 saturated heterocycles. The van der Waals surface area contributed by atoms with Crippen LogP contribution < -0.4 is 4.74 Å². The van der Waals surface area contributed by atoms with E-state index in [4.69, 9.17) is 5.11 Å². The van der Waals surface area contributed by atoms with Crippen molar-refractivity contribution in [2.24, 2.45) is 0 Å². The van der Waals surface area contributed by atoms with Crippen LogP contribution in [0.3, 0.4) is 0 Å². The molecule has 0 fully saturated rings. The molecule has 0 bridgehead atoms. The fraction of sp³-hybridized carbons (Fsp3) is 0.250. The highest BCUT2D eigenvalue weighted by atomic mass is 127. The van der Waals surface area contributed by atoms with Crippen LogP contribution >= 0.6 is 22.6 Å². The highest BCUT2D eigenvalue weighted by Gasteiger charge is 2.34. The van der Waals surface area contributed by atoms with Gasteiger partial charge in [-0.2, -0.15) is 0 Å². The second kappa shape index (κ2) is 5.20. The summed E-state index contributed by atoms with van der Waals surface area (Å²) >= 11 is 1.30. The molecule has 0 amide bonds. The maximum absolute atomic E-state index is 12.5. The number of alkyl halides is 5. The van der Waals surface area contributed by atoms with Gasteiger partial charge in [-0.05, 0) is 28.7 Å². The fourth-order valence-corrected chi connectivity index (χ4v) is 1.55. The number of ether oxygens (including phenoxy) is 1. The number of carboxylic acids is 1. The molecule has 0 atom stereocenters. The van der Waals surface area contributed by atoms with E-state index in [0.29, 0.717) is 6.07 Å². The van der Waals surface area contributed by atoms with Crippen LogP contribution in [0.25, 0.3) is 0 Å². The van der Waals surface area contributed by atoms with Gasteiger partial charge in [0.15, 0.2) is 0 Å². The molecule has 1 N–H and O–H groups in total. The van der Waals surface area contributed by atoms with Crippen molar-refractivity contribution < 1.29 is 36.6 Å². The van der Waals surface area contributed by atoms with E-state index in [2.05, 4.69) is 9.72 Å². The van der Waals surface area contributed by atoms with Gasteiger partial charge >= 0.3 is 12.3 Å². The lowest BCUT2D eigenvalue weighted by Gasteiger charge is -2.12. The van der Waals surface area contributed by atoms with E-state index in [0.717, 1.165) is 0 Å². The average molecular weight is 383 g/mol. The lowest BCUT2D eigenvalue weighted by atomic mass is 10.2. The van der Waals surface area contributed by atoms with Crippen molar-refractivity contribution in [1.29, 1.82) is 0 Å². The maximum Gasteiger partial charge on any atom is 0.574 e. The van der Waals surface area contributed by atoms with Crippen LogP contribution in [0.15, 0.2) is 6.07 Å². The normalized spacial score (nSPS) is 11.7. The number of nitrogens with zero attached hydrogens (tertiary/aromatic N) is 1. The zero-order chi connectivity index (χ0) is 14.1. The van der Waals surface area contributed by atoms with E-state index in [1.165, 1.54) is 22.6 Å². The van der Waals surface area contributed by atoms with Crippen LogP contribution in [0.2, 0.25) is 0 Å². The third-order valence-corrected chi connectivity index (χ3v) is 2.40. The number of hydrogen-bond acceptors (Lipinski definition) is 3. The predicted octanol–water partition coefficient (Wildman–Crippen LogP) is 3.22. The third-order valence-electron chi connectivity index (χ3n) is 1.62. The van der Waals surface area contributed by atoms with Gasteiger partial charge in [-0.1, -0.05) is 0 Å². The van der Waals surface area contributed by atoms with Crippen LogP contribution in [0, 0.1) is 3.57 Å². The van der Waals surface area contributed by atoms with Gasteiger partial charge in [-0.25, -0.2) is 18.6 Å². The molecule has 0 spiro atoms. The largest absolute Gasteiger partial charge is 0.574 e. The molecule has 0 radical (unpaired) electrons. The molecule has 18 heavy (non-hydrogen) atoms. The number of aromatic carboxylic acids is 1. The van der Waals surface area contributed by atoms with Crippen LogP contribution in [-0.2, 0) is 0 Å². The van der Waals surface area contributed by atoms with E-state index >= 15 is 0 Å². The Kier molecular flexibility index (Phi) is 4.29. The molecule has 100 valence electrons. The zero-order valence-electron chi connectivity index (χ0n) is 8.13. The van der Waals surface area contributed by atoms with E-state index in [9.17, 15) is 26.7 Å². The summed E-state index contributed by atoms with van der Waals surface area (Å²) in [6.07, 6.45) is -8.43. The smallest absolute Gasteiger partial charge is 0.478 e. The first-order valence-corrected chi connectivity index (χ1v) is 5.17. The Morgan fingerprint density at radius 1 is 1.44 bits per heavy atom. The highest BCUT2D eigenvalue weighted by Crippen LogP contribution is 2.31. The van der Waals surface area contributed by atoms with Crippen molar-refractivity contribution in [3.05, 3.63) is 20.9 Å². The lowest BCUT2D eigenvalue weighted by Crippen LogP contribution is -2.20. The Morgan fingerprint density at radius 3 is 2.39 bits per heavy atom. The predicted molar refractivity (Wildman–Crippen MR) is 55.6 cm³/mol. The van der Waals surface area contributed by atoms with Crippen molar-refractivity contribution in [3.8, 4) is 5.88 Å². The molecular weight excluding hydrogens is 380 g/mol. The average Bonchev–Trinajstić information content (AvgIpc) is 2.17. The van der Waals surface area contributed by atoms with E-state index in [1.54, 1.807) is 0 Å². The summed E-state index contributed by atoms with van der Waals surface area (Å²) < 4.78 is 63.8. The molecule has 1 rings (SSSR count). The van der Waals surface area contributed by atoms with Gasteiger partial charge in [-0.15, -0.1) is 13.2 Å². The van der Waals surface area contributed by atoms with E-state index in [1.807, 2.05) is 0 Å². The van der Waals surface area contributed by atoms with Gasteiger partial charge in [0, 0.05) is 0 Å². The molecule has 1 heterocycles. The highest BCUT2D eigenvalue weighted by molar-refractivity contribution is 14.1. The molecule has 10 heteroatoms. The first-order valence-electron chi connectivity index (χ1n) is 4.09. The van der Waals surface area contributed by atoms with Gasteiger partial charge in [0.2, 0.25) is 5.88 Å². The number of halogens is 6. The minimum absolute atomic E-state index is 0.341. The third kappa shape index (κ3) is 3.65. The number of hydrogen-bond donors (Lipinski definition) is 1. The topological polar surface area (TPSA) is 59.4 Å². The lowest BCUT2D eigenvalue weighted by molar-refractivity contribution is -0.276. The number of carboxylic acid groups (broad SMARTS) is 1. The van der Waals surface area contributed by atoms with Crippen LogP contribution in [0.4, 0.5) is 22.0 Å². The first-order chi connectivity index (χ1) is 8.11. The minimum atomic E-state index is -5.10. The molecule has 0 aliphatic rings. The van der Waals surface area contributed by atoms with Gasteiger partial charge < -0.3 is 9.84 Å². The van der Waals surface area contributed by atoms with Gasteiger partial charge in [-0.3, -0.25) is 0 Å². The minimum Gasteiger partial charge on any atom is -0.478 e. The Morgan fingerprint density at radius 2 is 2.00 bits per heavy atom. The van der Waals surface area contributed by atoms with Gasteiger partial charge in [0.1, 0.15) is 5.69 Å². The molecule has 0 unspecified atom stereocenters. The quantitative estimate of drug-likeness (QED) is 0.644.